The van der Waals surface area contributed by atoms with E-state index in [4.69, 9.17) is 0 Å². The highest BCUT2D eigenvalue weighted by molar-refractivity contribution is 6.19. The van der Waals surface area contributed by atoms with Crippen molar-refractivity contribution in [3.63, 3.8) is 0 Å². The number of benzene rings is 2. The summed E-state index contributed by atoms with van der Waals surface area (Å²) in [6, 6.07) is 17.0. The summed E-state index contributed by atoms with van der Waals surface area (Å²) in [5.41, 5.74) is 3.67. The predicted molar refractivity (Wildman–Crippen MR) is 98.6 cm³/mol. The molecule has 1 saturated heterocycles. The molecule has 130 valence electrons. The lowest BCUT2D eigenvalue weighted by atomic mass is 10.1. The maximum absolute atomic E-state index is 12.7. The largest absolute Gasteiger partial charge is 0.331 e. The van der Waals surface area contributed by atoms with Gasteiger partial charge in [-0.05, 0) is 29.7 Å². The second kappa shape index (κ2) is 6.84. The van der Waals surface area contributed by atoms with Crippen LogP contribution in [0.3, 0.4) is 0 Å². The molecule has 0 atom stereocenters. The van der Waals surface area contributed by atoms with Crippen molar-refractivity contribution in [3.8, 4) is 11.1 Å². The van der Waals surface area contributed by atoms with Gasteiger partial charge in [-0.25, -0.2) is 9.69 Å². The Labute approximate surface area is 151 Å². The number of urea groups is 1. The third-order valence-electron chi connectivity index (χ3n) is 4.51. The number of hydrogen-bond donors (Lipinski definition) is 1. The number of aromatic nitrogens is 2. The minimum Gasteiger partial charge on any atom is -0.314 e. The summed E-state index contributed by atoms with van der Waals surface area (Å²) in [4.78, 5) is 27.9. The van der Waals surface area contributed by atoms with Gasteiger partial charge in [-0.1, -0.05) is 42.5 Å². The number of nitrogens with one attached hydrogen (secondary N) is 1. The van der Waals surface area contributed by atoms with E-state index < -0.39 is 0 Å². The molecule has 4 rings (SSSR count). The highest BCUT2D eigenvalue weighted by Crippen LogP contribution is 2.25. The molecule has 6 heteroatoms. The smallest absolute Gasteiger partial charge is 0.314 e. The summed E-state index contributed by atoms with van der Waals surface area (Å²) in [5.74, 6) is -0.195. The number of H-pyrrole nitrogens is 1. The van der Waals surface area contributed by atoms with Crippen LogP contribution in [0.25, 0.3) is 11.1 Å². The molecule has 0 radical (unpaired) electrons. The molecular weight excluding hydrogens is 328 g/mol. The third-order valence-corrected chi connectivity index (χ3v) is 4.51. The van der Waals surface area contributed by atoms with Crippen LogP contribution in [-0.4, -0.2) is 40.1 Å². The van der Waals surface area contributed by atoms with Crippen molar-refractivity contribution in [1.82, 2.24) is 15.1 Å². The Bertz CT molecular complexity index is 905. The number of rotatable bonds is 5. The monoisotopic (exact) mass is 346 g/mol. The minimum absolute atomic E-state index is 0.120. The fourth-order valence-corrected chi connectivity index (χ4v) is 3.10. The Balaban J connectivity index is 1.47. The van der Waals surface area contributed by atoms with E-state index in [-0.39, 0.29) is 18.5 Å². The molecular formula is C20H18N4O2. The average molecular weight is 346 g/mol. The van der Waals surface area contributed by atoms with Gasteiger partial charge in [-0.3, -0.25) is 9.89 Å². The molecule has 2 aromatic carbocycles. The van der Waals surface area contributed by atoms with Crippen LogP contribution in [0, 0.1) is 0 Å². The van der Waals surface area contributed by atoms with Gasteiger partial charge in [0.25, 0.3) is 5.91 Å². The summed E-state index contributed by atoms with van der Waals surface area (Å²) in [6.07, 6.45) is 4.26. The van der Waals surface area contributed by atoms with Crippen molar-refractivity contribution in [2.45, 2.75) is 6.42 Å². The van der Waals surface area contributed by atoms with Crippen LogP contribution in [0.4, 0.5) is 10.5 Å². The fraction of sp³-hybridized carbons (Fsp3) is 0.150. The summed E-state index contributed by atoms with van der Waals surface area (Å²) < 4.78 is 0. The maximum Gasteiger partial charge on any atom is 0.331 e. The van der Waals surface area contributed by atoms with Crippen LogP contribution in [0.2, 0.25) is 0 Å². The zero-order valence-electron chi connectivity index (χ0n) is 14.1. The van der Waals surface area contributed by atoms with Crippen LogP contribution in [-0.2, 0) is 11.2 Å². The molecule has 1 N–H and O–H groups in total. The zero-order valence-corrected chi connectivity index (χ0v) is 14.1. The van der Waals surface area contributed by atoms with E-state index in [2.05, 4.69) is 10.2 Å². The molecule has 0 spiro atoms. The van der Waals surface area contributed by atoms with Crippen LogP contribution in [0.5, 0.6) is 0 Å². The van der Waals surface area contributed by atoms with Gasteiger partial charge in [0.15, 0.2) is 0 Å². The number of nitrogens with zero attached hydrogens (tertiary/aromatic N) is 3. The van der Waals surface area contributed by atoms with Gasteiger partial charge in [-0.15, -0.1) is 0 Å². The molecule has 3 amide bonds. The van der Waals surface area contributed by atoms with Gasteiger partial charge in [0.1, 0.15) is 6.54 Å². The molecule has 3 aromatic rings. The second-order valence-corrected chi connectivity index (χ2v) is 6.20. The van der Waals surface area contributed by atoms with E-state index in [1.54, 1.807) is 29.4 Å². The highest BCUT2D eigenvalue weighted by Gasteiger charge is 2.36. The van der Waals surface area contributed by atoms with Gasteiger partial charge < -0.3 is 4.90 Å². The van der Waals surface area contributed by atoms with Crippen molar-refractivity contribution in [3.05, 3.63) is 72.6 Å². The molecule has 0 aliphatic carbocycles. The standard InChI is InChI=1S/C20H18N4O2/c25-19-14-23(11-10-15-4-2-1-3-5-15)20(26)24(19)18-8-6-16(7-9-18)17-12-21-22-13-17/h1-9,12-13H,10-11,14H2,(H,21,22). The molecule has 1 aliphatic rings. The summed E-state index contributed by atoms with van der Waals surface area (Å²) in [5, 5.41) is 6.70. The molecule has 1 aromatic heterocycles. The Morgan fingerprint density at radius 2 is 1.73 bits per heavy atom. The van der Waals surface area contributed by atoms with Gasteiger partial charge in [0, 0.05) is 18.3 Å². The van der Waals surface area contributed by atoms with Crippen molar-refractivity contribution < 1.29 is 9.59 Å². The third kappa shape index (κ3) is 3.09. The summed E-state index contributed by atoms with van der Waals surface area (Å²) in [7, 11) is 0. The first-order valence-electron chi connectivity index (χ1n) is 8.47. The van der Waals surface area contributed by atoms with Crippen molar-refractivity contribution in [2.24, 2.45) is 0 Å². The van der Waals surface area contributed by atoms with Crippen LogP contribution in [0.15, 0.2) is 67.0 Å². The Kier molecular flexibility index (Phi) is 4.23. The number of aromatic amines is 1. The lowest BCUT2D eigenvalue weighted by Crippen LogP contribution is -2.34. The van der Waals surface area contributed by atoms with Crippen LogP contribution < -0.4 is 4.90 Å². The van der Waals surface area contributed by atoms with Crippen molar-refractivity contribution in [1.29, 1.82) is 0 Å². The Morgan fingerprint density at radius 3 is 2.42 bits per heavy atom. The number of hydrogen-bond acceptors (Lipinski definition) is 3. The molecule has 0 unspecified atom stereocenters. The first-order valence-corrected chi connectivity index (χ1v) is 8.47. The van der Waals surface area contributed by atoms with Gasteiger partial charge in [0.2, 0.25) is 0 Å². The summed E-state index contributed by atoms with van der Waals surface area (Å²) in [6.45, 7) is 0.646. The number of carbonyl (C=O) groups is 2. The highest BCUT2D eigenvalue weighted by atomic mass is 16.2. The van der Waals surface area contributed by atoms with Crippen LogP contribution >= 0.6 is 0 Å². The molecule has 0 saturated carbocycles. The fourth-order valence-electron chi connectivity index (χ4n) is 3.10. The second-order valence-electron chi connectivity index (χ2n) is 6.20. The number of carbonyl (C=O) groups excluding carboxylic acids is 2. The normalized spacial score (nSPS) is 14.3. The van der Waals surface area contributed by atoms with E-state index in [0.717, 1.165) is 23.1 Å². The lowest BCUT2D eigenvalue weighted by molar-refractivity contribution is -0.116. The average Bonchev–Trinajstić information content (AvgIpc) is 3.30. The predicted octanol–water partition coefficient (Wildman–Crippen LogP) is 3.09. The van der Waals surface area contributed by atoms with Crippen molar-refractivity contribution in [2.75, 3.05) is 18.0 Å². The zero-order chi connectivity index (χ0) is 17.9. The lowest BCUT2D eigenvalue weighted by Gasteiger charge is -2.17. The molecule has 2 heterocycles. The molecule has 26 heavy (non-hydrogen) atoms. The van der Waals surface area contributed by atoms with E-state index >= 15 is 0 Å². The molecule has 0 bridgehead atoms. The van der Waals surface area contributed by atoms with E-state index in [1.807, 2.05) is 42.5 Å². The van der Waals surface area contributed by atoms with Gasteiger partial charge in [-0.2, -0.15) is 5.10 Å². The molecule has 1 aliphatic heterocycles. The number of amides is 3. The van der Waals surface area contributed by atoms with Crippen molar-refractivity contribution >= 4 is 17.6 Å². The number of anilines is 1. The minimum atomic E-state index is -0.262. The topological polar surface area (TPSA) is 69.3 Å². The van der Waals surface area contributed by atoms with E-state index in [1.165, 1.54) is 4.90 Å². The quantitative estimate of drug-likeness (QED) is 0.722. The molecule has 6 nitrogen and oxygen atoms in total. The SMILES string of the molecule is O=C1CN(CCc2ccccc2)C(=O)N1c1ccc(-c2cn[nH]c2)cc1. The van der Waals surface area contributed by atoms with E-state index in [0.29, 0.717) is 12.2 Å². The Morgan fingerprint density at radius 1 is 0.962 bits per heavy atom. The van der Waals surface area contributed by atoms with E-state index in [9.17, 15) is 9.59 Å². The first-order chi connectivity index (χ1) is 12.7. The van der Waals surface area contributed by atoms with Crippen LogP contribution in [0.1, 0.15) is 5.56 Å². The molecule has 1 fully saturated rings. The summed E-state index contributed by atoms with van der Waals surface area (Å²) >= 11 is 0. The maximum atomic E-state index is 12.7. The first kappa shape index (κ1) is 16.1. The number of imide groups is 1. The van der Waals surface area contributed by atoms with Gasteiger partial charge >= 0.3 is 6.03 Å². The van der Waals surface area contributed by atoms with Gasteiger partial charge in [0.05, 0.1) is 11.9 Å². The Hall–Kier alpha value is -3.41.